The quantitative estimate of drug-likeness (QED) is 0.742. The molecule has 2 N–H and O–H groups in total. The van der Waals surface area contributed by atoms with E-state index in [1.54, 1.807) is 0 Å². The number of halogens is 2. The SMILES string of the molecule is CC(C)(C)NC(=S)Nc1ccc(F)cc1F. The lowest BCUT2D eigenvalue weighted by Crippen LogP contribution is -2.43. The molecule has 0 aliphatic carbocycles. The van der Waals surface area contributed by atoms with Crippen molar-refractivity contribution in [3.8, 4) is 0 Å². The van der Waals surface area contributed by atoms with Gasteiger partial charge in [-0.25, -0.2) is 8.78 Å². The molecule has 0 bridgehead atoms. The zero-order chi connectivity index (χ0) is 12.3. The molecule has 0 unspecified atom stereocenters. The Morgan fingerprint density at radius 1 is 1.25 bits per heavy atom. The molecule has 0 atom stereocenters. The minimum atomic E-state index is -0.668. The van der Waals surface area contributed by atoms with Crippen molar-refractivity contribution in [1.82, 2.24) is 5.32 Å². The predicted octanol–water partition coefficient (Wildman–Crippen LogP) is 3.05. The highest BCUT2D eigenvalue weighted by atomic mass is 32.1. The van der Waals surface area contributed by atoms with Crippen LogP contribution < -0.4 is 10.6 Å². The molecule has 1 rings (SSSR count). The number of anilines is 1. The topological polar surface area (TPSA) is 24.1 Å². The molecular formula is C11H14F2N2S. The normalized spacial score (nSPS) is 11.1. The molecule has 5 heteroatoms. The highest BCUT2D eigenvalue weighted by Crippen LogP contribution is 2.15. The van der Waals surface area contributed by atoms with Gasteiger partial charge in [0.05, 0.1) is 5.69 Å². The van der Waals surface area contributed by atoms with Crippen LogP contribution in [0, 0.1) is 11.6 Å². The first-order chi connectivity index (χ1) is 7.28. The Morgan fingerprint density at radius 2 is 1.88 bits per heavy atom. The van der Waals surface area contributed by atoms with Crippen molar-refractivity contribution in [1.29, 1.82) is 0 Å². The molecule has 0 radical (unpaired) electrons. The number of nitrogens with one attached hydrogen (secondary N) is 2. The van der Waals surface area contributed by atoms with Gasteiger partial charge in [-0.05, 0) is 45.1 Å². The van der Waals surface area contributed by atoms with Gasteiger partial charge < -0.3 is 10.6 Å². The van der Waals surface area contributed by atoms with E-state index in [9.17, 15) is 8.78 Å². The lowest BCUT2D eigenvalue weighted by atomic mass is 10.1. The minimum absolute atomic E-state index is 0.156. The molecule has 0 saturated heterocycles. The predicted molar refractivity (Wildman–Crippen MR) is 65.5 cm³/mol. The highest BCUT2D eigenvalue weighted by molar-refractivity contribution is 7.80. The maximum atomic E-state index is 13.3. The summed E-state index contributed by atoms with van der Waals surface area (Å²) in [7, 11) is 0. The summed E-state index contributed by atoms with van der Waals surface area (Å²) in [6.45, 7) is 5.80. The largest absolute Gasteiger partial charge is 0.358 e. The number of benzene rings is 1. The van der Waals surface area contributed by atoms with Gasteiger partial charge in [0.2, 0.25) is 0 Å². The summed E-state index contributed by atoms with van der Waals surface area (Å²) in [5.74, 6) is -1.28. The van der Waals surface area contributed by atoms with Crippen molar-refractivity contribution < 1.29 is 8.78 Å². The van der Waals surface area contributed by atoms with Gasteiger partial charge in [-0.15, -0.1) is 0 Å². The third-order valence-electron chi connectivity index (χ3n) is 1.67. The highest BCUT2D eigenvalue weighted by Gasteiger charge is 2.12. The van der Waals surface area contributed by atoms with Gasteiger partial charge in [0.25, 0.3) is 0 Å². The van der Waals surface area contributed by atoms with Crippen LogP contribution in [-0.2, 0) is 0 Å². The van der Waals surface area contributed by atoms with Crippen molar-refractivity contribution in [2.45, 2.75) is 26.3 Å². The molecule has 0 amide bonds. The van der Waals surface area contributed by atoms with E-state index in [0.717, 1.165) is 6.07 Å². The number of thiocarbonyl (C=S) groups is 1. The van der Waals surface area contributed by atoms with Gasteiger partial charge in [0.15, 0.2) is 5.11 Å². The van der Waals surface area contributed by atoms with Crippen LogP contribution in [0.5, 0.6) is 0 Å². The molecule has 0 fully saturated rings. The maximum absolute atomic E-state index is 13.3. The standard InChI is InChI=1S/C11H14F2N2S/c1-11(2,3)15-10(16)14-9-5-4-7(12)6-8(9)13/h4-6H,1-3H3,(H2,14,15,16). The molecule has 2 nitrogen and oxygen atoms in total. The Balaban J connectivity index is 2.70. The minimum Gasteiger partial charge on any atom is -0.358 e. The van der Waals surface area contributed by atoms with Gasteiger partial charge in [-0.2, -0.15) is 0 Å². The summed E-state index contributed by atoms with van der Waals surface area (Å²) in [5.41, 5.74) is -0.0521. The van der Waals surface area contributed by atoms with Crippen molar-refractivity contribution >= 4 is 23.0 Å². The van der Waals surface area contributed by atoms with Crippen LogP contribution in [0.25, 0.3) is 0 Å². The summed E-state index contributed by atoms with van der Waals surface area (Å²) >= 11 is 4.99. The molecule has 88 valence electrons. The van der Waals surface area contributed by atoms with Crippen molar-refractivity contribution in [2.24, 2.45) is 0 Å². The van der Waals surface area contributed by atoms with Crippen molar-refractivity contribution in [2.75, 3.05) is 5.32 Å². The molecule has 0 spiro atoms. The molecule has 0 aliphatic rings. The van der Waals surface area contributed by atoms with Gasteiger partial charge in [0, 0.05) is 11.6 Å². The Labute approximate surface area is 99.0 Å². The lowest BCUT2D eigenvalue weighted by molar-refractivity contribution is 0.514. The van der Waals surface area contributed by atoms with Crippen LogP contribution in [0.2, 0.25) is 0 Å². The number of rotatable bonds is 1. The van der Waals surface area contributed by atoms with E-state index >= 15 is 0 Å². The van der Waals surface area contributed by atoms with E-state index in [1.807, 2.05) is 20.8 Å². The summed E-state index contributed by atoms with van der Waals surface area (Å²) in [4.78, 5) is 0. The van der Waals surface area contributed by atoms with Gasteiger partial charge >= 0.3 is 0 Å². The second-order valence-electron chi connectivity index (χ2n) is 4.45. The van der Waals surface area contributed by atoms with Crippen LogP contribution >= 0.6 is 12.2 Å². The average molecular weight is 244 g/mol. The van der Waals surface area contributed by atoms with Crippen LogP contribution in [0.3, 0.4) is 0 Å². The molecule has 0 heterocycles. The summed E-state index contributed by atoms with van der Waals surface area (Å²) < 4.78 is 25.9. The Morgan fingerprint density at radius 3 is 2.38 bits per heavy atom. The van der Waals surface area contributed by atoms with Crippen LogP contribution in [0.4, 0.5) is 14.5 Å². The Hall–Kier alpha value is -1.23. The second-order valence-corrected chi connectivity index (χ2v) is 4.86. The van der Waals surface area contributed by atoms with E-state index in [2.05, 4.69) is 10.6 Å². The molecular weight excluding hydrogens is 230 g/mol. The first-order valence-electron chi connectivity index (χ1n) is 4.82. The first-order valence-corrected chi connectivity index (χ1v) is 5.23. The molecule has 1 aromatic carbocycles. The van der Waals surface area contributed by atoms with Crippen molar-refractivity contribution in [3.63, 3.8) is 0 Å². The van der Waals surface area contributed by atoms with Crippen molar-refractivity contribution in [3.05, 3.63) is 29.8 Å². The Kier molecular flexibility index (Phi) is 3.80. The van der Waals surface area contributed by atoms with Crippen LogP contribution in [-0.4, -0.2) is 10.7 Å². The first kappa shape index (κ1) is 12.8. The summed E-state index contributed by atoms with van der Waals surface area (Å²) in [5, 5.41) is 5.95. The third-order valence-corrected chi connectivity index (χ3v) is 1.87. The van der Waals surface area contributed by atoms with Gasteiger partial charge in [-0.3, -0.25) is 0 Å². The smallest absolute Gasteiger partial charge is 0.171 e. The third kappa shape index (κ3) is 4.10. The van der Waals surface area contributed by atoms with Gasteiger partial charge in [-0.1, -0.05) is 0 Å². The van der Waals surface area contributed by atoms with E-state index in [1.165, 1.54) is 12.1 Å². The summed E-state index contributed by atoms with van der Waals surface area (Å²) in [6, 6.07) is 3.29. The lowest BCUT2D eigenvalue weighted by Gasteiger charge is -2.23. The fourth-order valence-electron chi connectivity index (χ4n) is 1.09. The van der Waals surface area contributed by atoms with E-state index in [-0.39, 0.29) is 11.2 Å². The number of hydrogen-bond donors (Lipinski definition) is 2. The fraction of sp³-hybridized carbons (Fsp3) is 0.364. The second kappa shape index (κ2) is 4.74. The molecule has 0 aliphatic heterocycles. The maximum Gasteiger partial charge on any atom is 0.171 e. The van der Waals surface area contributed by atoms with E-state index in [0.29, 0.717) is 5.11 Å². The number of hydrogen-bond acceptors (Lipinski definition) is 1. The van der Waals surface area contributed by atoms with Crippen LogP contribution in [0.15, 0.2) is 18.2 Å². The van der Waals surface area contributed by atoms with E-state index < -0.39 is 11.6 Å². The molecule has 0 saturated carbocycles. The Bertz CT molecular complexity index is 399. The fourth-order valence-corrected chi connectivity index (χ4v) is 1.50. The molecule has 0 aromatic heterocycles. The zero-order valence-corrected chi connectivity index (χ0v) is 10.2. The summed E-state index contributed by atoms with van der Waals surface area (Å²) in [6.07, 6.45) is 0. The van der Waals surface area contributed by atoms with Gasteiger partial charge in [0.1, 0.15) is 11.6 Å². The molecule has 1 aromatic rings. The zero-order valence-electron chi connectivity index (χ0n) is 9.40. The average Bonchev–Trinajstić information content (AvgIpc) is 2.06. The molecule has 16 heavy (non-hydrogen) atoms. The van der Waals surface area contributed by atoms with E-state index in [4.69, 9.17) is 12.2 Å². The van der Waals surface area contributed by atoms with Crippen LogP contribution in [0.1, 0.15) is 20.8 Å². The monoisotopic (exact) mass is 244 g/mol.